The molecule has 2 bridgehead atoms. The van der Waals surface area contributed by atoms with Crippen molar-refractivity contribution < 1.29 is 0 Å². The maximum Gasteiger partial charge on any atom is 0.0242 e. The molecule has 0 spiro atoms. The van der Waals surface area contributed by atoms with Crippen LogP contribution in [0.1, 0.15) is 54.4 Å². The molecule has 0 amide bonds. The van der Waals surface area contributed by atoms with Gasteiger partial charge in [-0.3, -0.25) is 0 Å². The van der Waals surface area contributed by atoms with Gasteiger partial charge >= 0.3 is 0 Å². The number of hydrogen-bond donors (Lipinski definition) is 1. The van der Waals surface area contributed by atoms with E-state index in [0.29, 0.717) is 21.8 Å². The Morgan fingerprint density at radius 1 is 0.857 bits per heavy atom. The highest BCUT2D eigenvalue weighted by molar-refractivity contribution is 5.23. The predicted molar refractivity (Wildman–Crippen MR) is 61.3 cm³/mol. The van der Waals surface area contributed by atoms with E-state index in [9.17, 15) is 0 Å². The highest BCUT2D eigenvalue weighted by Crippen LogP contribution is 2.67. The molecule has 3 fully saturated rings. The molecule has 1 nitrogen and oxygen atoms in total. The third kappa shape index (κ3) is 1.05. The zero-order valence-electron chi connectivity index (χ0n) is 10.6. The zero-order chi connectivity index (χ0) is 10.8. The summed E-state index contributed by atoms with van der Waals surface area (Å²) in [5.41, 5.74) is 1.91. The normalized spacial score (nSPS) is 42.4. The van der Waals surface area contributed by atoms with Crippen LogP contribution in [-0.4, -0.2) is 12.1 Å². The second-order valence-corrected chi connectivity index (χ2v) is 7.57. The van der Waals surface area contributed by atoms with Gasteiger partial charge in [-0.1, -0.05) is 41.5 Å². The number of nitrogens with one attached hydrogen (secondary N) is 1. The highest BCUT2D eigenvalue weighted by Gasteiger charge is 2.68. The molecule has 1 heteroatoms. The molecular formula is C13H25N. The van der Waals surface area contributed by atoms with Crippen molar-refractivity contribution in [3.8, 4) is 0 Å². The van der Waals surface area contributed by atoms with Crippen molar-refractivity contribution in [2.45, 2.75) is 59.9 Å². The maximum absolute atomic E-state index is 3.79. The van der Waals surface area contributed by atoms with Crippen LogP contribution in [0.4, 0.5) is 0 Å². The summed E-state index contributed by atoms with van der Waals surface area (Å²) in [6.45, 7) is 15.5. The van der Waals surface area contributed by atoms with Crippen LogP contribution < -0.4 is 5.32 Å². The van der Waals surface area contributed by atoms with E-state index in [1.165, 1.54) is 19.4 Å². The first-order chi connectivity index (χ1) is 6.12. The van der Waals surface area contributed by atoms with E-state index < -0.39 is 0 Å². The van der Waals surface area contributed by atoms with E-state index in [1.54, 1.807) is 0 Å². The fraction of sp³-hybridized carbons (Fsp3) is 1.00. The first-order valence-corrected chi connectivity index (χ1v) is 5.87. The largest absolute Gasteiger partial charge is 0.310 e. The molecule has 0 unspecified atom stereocenters. The van der Waals surface area contributed by atoms with Crippen molar-refractivity contribution in [3.05, 3.63) is 0 Å². The second-order valence-electron chi connectivity index (χ2n) is 7.57. The van der Waals surface area contributed by atoms with Crippen LogP contribution in [0, 0.1) is 16.2 Å². The molecule has 1 saturated carbocycles. The predicted octanol–water partition coefficient (Wildman–Crippen LogP) is 3.20. The maximum atomic E-state index is 3.79. The van der Waals surface area contributed by atoms with Crippen molar-refractivity contribution in [2.24, 2.45) is 16.2 Å². The zero-order valence-corrected chi connectivity index (χ0v) is 10.6. The van der Waals surface area contributed by atoms with Gasteiger partial charge in [-0.15, -0.1) is 0 Å². The van der Waals surface area contributed by atoms with E-state index in [2.05, 4.69) is 46.9 Å². The Hall–Kier alpha value is -0.0400. The van der Waals surface area contributed by atoms with Gasteiger partial charge in [0.25, 0.3) is 0 Å². The fourth-order valence-electron chi connectivity index (χ4n) is 3.28. The van der Waals surface area contributed by atoms with Crippen LogP contribution in [0.5, 0.6) is 0 Å². The third-order valence-corrected chi connectivity index (χ3v) is 5.07. The van der Waals surface area contributed by atoms with Crippen LogP contribution in [0.2, 0.25) is 0 Å². The second kappa shape index (κ2) is 2.37. The minimum absolute atomic E-state index is 0.415. The molecule has 82 valence electrons. The van der Waals surface area contributed by atoms with Gasteiger partial charge in [-0.05, 0) is 29.1 Å². The average Bonchev–Trinajstić information content (AvgIpc) is 2.31. The molecule has 0 radical (unpaired) electrons. The minimum atomic E-state index is 0.415. The smallest absolute Gasteiger partial charge is 0.0242 e. The lowest BCUT2D eigenvalue weighted by molar-refractivity contribution is -0.0468. The lowest BCUT2D eigenvalue weighted by Crippen LogP contribution is -2.59. The Labute approximate surface area is 88.7 Å². The van der Waals surface area contributed by atoms with E-state index >= 15 is 0 Å². The van der Waals surface area contributed by atoms with Crippen molar-refractivity contribution in [2.75, 3.05) is 6.54 Å². The SMILES string of the molecule is CC(C)(C)C12CNC(C(C)(C)C)(C1)C2. The molecule has 2 aliphatic heterocycles. The summed E-state index contributed by atoms with van der Waals surface area (Å²) in [4.78, 5) is 0. The summed E-state index contributed by atoms with van der Waals surface area (Å²) >= 11 is 0. The molecule has 2 saturated heterocycles. The van der Waals surface area contributed by atoms with Crippen LogP contribution in [-0.2, 0) is 0 Å². The van der Waals surface area contributed by atoms with Gasteiger partial charge in [-0.25, -0.2) is 0 Å². The molecule has 0 aromatic carbocycles. The summed E-state index contributed by atoms with van der Waals surface area (Å²) in [6.07, 6.45) is 2.76. The van der Waals surface area contributed by atoms with E-state index in [4.69, 9.17) is 0 Å². The number of rotatable bonds is 0. The quantitative estimate of drug-likeness (QED) is 0.626. The van der Waals surface area contributed by atoms with Crippen molar-refractivity contribution >= 4 is 0 Å². The van der Waals surface area contributed by atoms with Gasteiger partial charge in [-0.2, -0.15) is 0 Å². The van der Waals surface area contributed by atoms with Crippen LogP contribution in [0.25, 0.3) is 0 Å². The molecule has 0 atom stereocenters. The van der Waals surface area contributed by atoms with Crippen molar-refractivity contribution in [1.29, 1.82) is 0 Å². The van der Waals surface area contributed by atoms with Crippen LogP contribution in [0.3, 0.4) is 0 Å². The molecule has 3 rings (SSSR count). The highest BCUT2D eigenvalue weighted by atomic mass is 15.1. The summed E-state index contributed by atoms with van der Waals surface area (Å²) < 4.78 is 0. The minimum Gasteiger partial charge on any atom is -0.310 e. The molecule has 2 heterocycles. The van der Waals surface area contributed by atoms with Crippen LogP contribution in [0.15, 0.2) is 0 Å². The summed E-state index contributed by atoms with van der Waals surface area (Å²) in [5, 5.41) is 3.79. The van der Waals surface area contributed by atoms with Gasteiger partial charge in [0.1, 0.15) is 0 Å². The van der Waals surface area contributed by atoms with E-state index in [-0.39, 0.29) is 0 Å². The molecular weight excluding hydrogens is 170 g/mol. The van der Waals surface area contributed by atoms with E-state index in [1.807, 2.05) is 0 Å². The molecule has 14 heavy (non-hydrogen) atoms. The van der Waals surface area contributed by atoms with Gasteiger partial charge in [0.15, 0.2) is 0 Å². The molecule has 1 N–H and O–H groups in total. The monoisotopic (exact) mass is 195 g/mol. The van der Waals surface area contributed by atoms with Gasteiger partial charge in [0.2, 0.25) is 0 Å². The summed E-state index contributed by atoms with van der Waals surface area (Å²) in [7, 11) is 0. The van der Waals surface area contributed by atoms with Crippen molar-refractivity contribution in [3.63, 3.8) is 0 Å². The Bertz CT molecular complexity index is 219. The first-order valence-electron chi connectivity index (χ1n) is 5.87. The Morgan fingerprint density at radius 2 is 1.36 bits per heavy atom. The Kier molecular flexibility index (Phi) is 1.77. The molecule has 0 aromatic rings. The van der Waals surface area contributed by atoms with Crippen LogP contribution >= 0.6 is 0 Å². The summed E-state index contributed by atoms with van der Waals surface area (Å²) in [6, 6.07) is 0. The third-order valence-electron chi connectivity index (χ3n) is 5.07. The molecule has 0 aromatic heterocycles. The first kappa shape index (κ1) is 10.5. The lowest BCUT2D eigenvalue weighted by atomic mass is 9.47. The summed E-state index contributed by atoms with van der Waals surface area (Å²) in [5.74, 6) is 0. The van der Waals surface area contributed by atoms with Gasteiger partial charge in [0.05, 0.1) is 0 Å². The van der Waals surface area contributed by atoms with Gasteiger partial charge < -0.3 is 5.32 Å². The molecule has 3 aliphatic rings. The van der Waals surface area contributed by atoms with Gasteiger partial charge in [0, 0.05) is 12.1 Å². The average molecular weight is 195 g/mol. The lowest BCUT2D eigenvalue weighted by Gasteiger charge is -2.58. The molecule has 1 aliphatic carbocycles. The standard InChI is InChI=1S/C13H25N/c1-10(2,3)12-7-13(8-12,14-9-12)11(4,5)6/h14H,7-9H2,1-6H3. The Morgan fingerprint density at radius 3 is 1.57 bits per heavy atom. The Balaban J connectivity index is 2.20. The number of fused-ring (bicyclic) bond motifs is 1. The van der Waals surface area contributed by atoms with Crippen molar-refractivity contribution in [1.82, 2.24) is 5.32 Å². The fourth-order valence-corrected chi connectivity index (χ4v) is 3.28. The van der Waals surface area contributed by atoms with E-state index in [0.717, 1.165) is 0 Å². The number of hydrogen-bond acceptors (Lipinski definition) is 1. The topological polar surface area (TPSA) is 12.0 Å².